The van der Waals surface area contributed by atoms with Gasteiger partial charge >= 0.3 is 171 Å². The predicted molar refractivity (Wildman–Crippen MR) is 301 cm³/mol. The molecule has 4 aromatic carbocycles. The number of halogens is 4. The molecule has 0 saturated carbocycles. The van der Waals surface area contributed by atoms with E-state index >= 15 is 0 Å². The topological polar surface area (TPSA) is 38.7 Å². The van der Waals surface area contributed by atoms with E-state index in [1.807, 2.05) is 45.6 Å². The molecule has 2 fully saturated rings. The summed E-state index contributed by atoms with van der Waals surface area (Å²) in [5.41, 5.74) is 23.9. The van der Waals surface area contributed by atoms with Gasteiger partial charge in [0.15, 0.2) is 0 Å². The Morgan fingerprint density at radius 2 is 0.657 bits per heavy atom. The van der Waals surface area contributed by atoms with Gasteiger partial charge in [-0.05, 0) is 128 Å². The molecule has 2 aliphatic rings. The summed E-state index contributed by atoms with van der Waals surface area (Å²) in [7, 11) is 22.7. The van der Waals surface area contributed by atoms with Crippen molar-refractivity contribution in [2.45, 2.75) is 109 Å². The van der Waals surface area contributed by atoms with Crippen molar-refractivity contribution in [3.05, 3.63) is 189 Å². The monoisotopic (exact) mass is 1200 g/mol. The molecule has 12 heteroatoms. The summed E-state index contributed by atoms with van der Waals surface area (Å²) >= 11 is -3.11. The fourth-order valence-corrected chi connectivity index (χ4v) is 12.9. The molecule has 0 aliphatic carbocycles. The third-order valence-electron chi connectivity index (χ3n) is 12.1. The molecule has 0 unspecified atom stereocenters. The molecular formula is C58H72Cl4N6Ru2-2. The van der Waals surface area contributed by atoms with Crippen molar-refractivity contribution in [3.8, 4) is 0 Å². The Morgan fingerprint density at radius 3 is 0.857 bits per heavy atom. The molecule has 0 atom stereocenters. The summed E-state index contributed by atoms with van der Waals surface area (Å²) in [5, 5.41) is 0. The van der Waals surface area contributed by atoms with E-state index in [-0.39, 0.29) is 0 Å². The molecule has 0 radical (unpaired) electrons. The summed E-state index contributed by atoms with van der Waals surface area (Å²) in [6, 6.07) is 30.0. The maximum absolute atomic E-state index is 5.68. The second-order valence-electron chi connectivity index (χ2n) is 18.4. The van der Waals surface area contributed by atoms with Crippen LogP contribution in [0.2, 0.25) is 0 Å². The van der Waals surface area contributed by atoms with Crippen molar-refractivity contribution >= 4 is 70.7 Å². The SMILES string of the molecule is Cc1cc(C)c(N2[CH-]N(c3c(C)cc(C)cc3C)CC2)c(C)c1.Cc1cc(C)c(N2[CH-]N(c3c(C)cc(C)cc3C)CC2)c(C)c1.[Cl][Ru]([Cl])=[CH]CCc1ccccn1.[Cl][Ru]([Cl])=[CH]CCc1ccccn1. The molecule has 380 valence electrons. The van der Waals surface area contributed by atoms with Gasteiger partial charge in [0.1, 0.15) is 0 Å². The molecule has 0 spiro atoms. The van der Waals surface area contributed by atoms with Gasteiger partial charge in [0.2, 0.25) is 0 Å². The van der Waals surface area contributed by atoms with Crippen molar-refractivity contribution < 1.29 is 27.0 Å². The van der Waals surface area contributed by atoms with Crippen LogP contribution in [0.1, 0.15) is 91.0 Å². The molecule has 6 nitrogen and oxygen atoms in total. The first kappa shape index (κ1) is 57.4. The van der Waals surface area contributed by atoms with Crippen LogP contribution in [0.5, 0.6) is 0 Å². The number of pyridine rings is 2. The molecule has 70 heavy (non-hydrogen) atoms. The fourth-order valence-electron chi connectivity index (χ4n) is 9.82. The third kappa shape index (κ3) is 17.3. The average Bonchev–Trinajstić information content (AvgIpc) is 3.94. The first-order valence-electron chi connectivity index (χ1n) is 23.8. The van der Waals surface area contributed by atoms with E-state index in [1.54, 1.807) is 12.4 Å². The molecule has 2 aromatic heterocycles. The fraction of sp³-hybridized carbons (Fsp3) is 0.345. The van der Waals surface area contributed by atoms with Crippen LogP contribution in [0.15, 0.2) is 97.3 Å². The molecular weight excluding hydrogens is 1120 g/mol. The van der Waals surface area contributed by atoms with Gasteiger partial charge in [-0.3, -0.25) is 0 Å². The van der Waals surface area contributed by atoms with E-state index in [0.717, 1.165) is 63.3 Å². The number of aryl methyl sites for hydroxylation is 14. The normalized spacial score (nSPS) is 13.4. The van der Waals surface area contributed by atoms with E-state index < -0.39 is 27.0 Å². The van der Waals surface area contributed by atoms with E-state index in [1.165, 1.54) is 89.5 Å². The molecule has 4 heterocycles. The molecule has 2 saturated heterocycles. The quantitative estimate of drug-likeness (QED) is 0.101. The van der Waals surface area contributed by atoms with Crippen molar-refractivity contribution in [1.82, 2.24) is 9.97 Å². The van der Waals surface area contributed by atoms with E-state index in [9.17, 15) is 0 Å². The third-order valence-corrected chi connectivity index (χ3v) is 16.7. The number of nitrogens with zero attached hydrogens (tertiary/aromatic N) is 6. The van der Waals surface area contributed by atoms with Crippen molar-refractivity contribution in [2.24, 2.45) is 0 Å². The number of rotatable bonds is 10. The zero-order chi connectivity index (χ0) is 51.1. The first-order valence-corrected chi connectivity index (χ1v) is 34.8. The predicted octanol–water partition coefficient (Wildman–Crippen LogP) is 15.5. The summed E-state index contributed by atoms with van der Waals surface area (Å²) in [5.74, 6) is 0. The number of hydrogen-bond acceptors (Lipinski definition) is 6. The van der Waals surface area contributed by atoms with Gasteiger partial charge in [0.05, 0.1) is 0 Å². The molecule has 2 aliphatic heterocycles. The number of anilines is 4. The van der Waals surface area contributed by atoms with Crippen LogP contribution in [-0.2, 0) is 39.9 Å². The molecule has 6 aromatic rings. The minimum atomic E-state index is -1.56. The number of aromatic nitrogens is 2. The number of hydrogen-bond donors (Lipinski definition) is 0. The summed E-state index contributed by atoms with van der Waals surface area (Å²) in [6.07, 6.45) is 7.33. The minimum absolute atomic E-state index is 0.933. The standard InChI is InChI=1S/2C21H27N2.2C8H9N.4ClH.2Ru/c2*1-14-9-16(3)20(17(4)10-14)22-7-8-23(13-22)21-18(5)11-15(2)12-19(21)6;2*1-2-5-8-6-3-4-7-9-8;;;;;;/h2*9-13H,7-8H2,1-6H3;2*1,3-4,6-7H,2,5H2;4*1H;;/q2*-1;;;;;;;2*+2/p-4. The van der Waals surface area contributed by atoms with Gasteiger partial charge in [-0.15, -0.1) is 0 Å². The van der Waals surface area contributed by atoms with Crippen molar-refractivity contribution in [3.63, 3.8) is 0 Å². The Labute approximate surface area is 447 Å². The second-order valence-corrected chi connectivity index (χ2v) is 30.3. The first-order chi connectivity index (χ1) is 33.3. The Kier molecular flexibility index (Phi) is 23.1. The van der Waals surface area contributed by atoms with Crippen LogP contribution in [-0.4, -0.2) is 45.4 Å². The molecule has 0 N–H and O–H groups in total. The Balaban J connectivity index is 0.000000182. The van der Waals surface area contributed by atoms with E-state index in [2.05, 4.69) is 175 Å². The zero-order valence-electron chi connectivity index (χ0n) is 43.1. The summed E-state index contributed by atoms with van der Waals surface area (Å²) in [4.78, 5) is 18.0. The molecule has 8 rings (SSSR count). The number of benzene rings is 4. The van der Waals surface area contributed by atoms with Crippen molar-refractivity contribution in [2.75, 3.05) is 45.8 Å². The average molecular weight is 1200 g/mol. The van der Waals surface area contributed by atoms with Crippen LogP contribution >= 0.6 is 38.8 Å². The van der Waals surface area contributed by atoms with Crippen LogP contribution < -0.4 is 19.6 Å². The Bertz CT molecular complexity index is 2320. The zero-order valence-corrected chi connectivity index (χ0v) is 49.6. The Hall–Kier alpha value is -3.47. The Morgan fingerprint density at radius 1 is 0.414 bits per heavy atom. The van der Waals surface area contributed by atoms with Gasteiger partial charge in [-0.25, -0.2) is 0 Å². The summed E-state index contributed by atoms with van der Waals surface area (Å²) < 4.78 is 4.00. The molecule has 0 amide bonds. The van der Waals surface area contributed by atoms with Gasteiger partial charge < -0.3 is 19.6 Å². The van der Waals surface area contributed by atoms with Crippen molar-refractivity contribution in [1.29, 1.82) is 0 Å². The van der Waals surface area contributed by atoms with Crippen LogP contribution in [0.3, 0.4) is 0 Å². The van der Waals surface area contributed by atoms with Gasteiger partial charge in [0, 0.05) is 48.9 Å². The van der Waals surface area contributed by atoms with Crippen LogP contribution in [0, 0.1) is 96.4 Å². The second kappa shape index (κ2) is 28.1. The van der Waals surface area contributed by atoms with E-state index in [0.29, 0.717) is 0 Å². The van der Waals surface area contributed by atoms with Gasteiger partial charge in [0.25, 0.3) is 0 Å². The van der Waals surface area contributed by atoms with Gasteiger partial charge in [-0.1, -0.05) is 70.8 Å². The van der Waals surface area contributed by atoms with Gasteiger partial charge in [-0.2, -0.15) is 13.3 Å². The van der Waals surface area contributed by atoms with E-state index in [4.69, 9.17) is 38.8 Å². The summed E-state index contributed by atoms with van der Waals surface area (Å²) in [6.45, 7) is 35.1. The van der Waals surface area contributed by atoms with Crippen LogP contribution in [0.4, 0.5) is 22.7 Å². The molecule has 0 bridgehead atoms. The maximum atomic E-state index is 5.68. The van der Waals surface area contributed by atoms with Crippen LogP contribution in [0.25, 0.3) is 0 Å².